The Balaban J connectivity index is 2.81. The van der Waals surface area contributed by atoms with Crippen LogP contribution in [0.4, 0.5) is 5.69 Å². The highest BCUT2D eigenvalue weighted by molar-refractivity contribution is 5.81. The third kappa shape index (κ3) is 4.12. The molecule has 0 atom stereocenters. The van der Waals surface area contributed by atoms with E-state index in [1.165, 1.54) is 18.4 Å². The zero-order valence-corrected chi connectivity index (χ0v) is 8.85. The minimum Gasteiger partial charge on any atom is -0.369 e. The summed E-state index contributed by atoms with van der Waals surface area (Å²) in [7, 11) is 0. The van der Waals surface area contributed by atoms with Gasteiger partial charge in [-0.05, 0) is 18.2 Å². The molecule has 0 aliphatic heterocycles. The number of nitrogens with zero attached hydrogens (tertiary/aromatic N) is 3. The predicted molar refractivity (Wildman–Crippen MR) is 66.4 cm³/mol. The summed E-state index contributed by atoms with van der Waals surface area (Å²) in [6.07, 6.45) is 4.38. The Bertz CT molecular complexity index is 489. The summed E-state index contributed by atoms with van der Waals surface area (Å²) < 4.78 is 0. The zero-order chi connectivity index (χ0) is 12.7. The number of nitro benzene ring substituents is 1. The maximum absolute atomic E-state index is 10.7. The Kier molecular flexibility index (Phi) is 4.37. The van der Waals surface area contributed by atoms with Crippen molar-refractivity contribution in [3.05, 3.63) is 46.0 Å². The van der Waals surface area contributed by atoms with Crippen LogP contribution in [0.2, 0.25) is 0 Å². The Morgan fingerprint density at radius 2 is 2.06 bits per heavy atom. The van der Waals surface area contributed by atoms with Gasteiger partial charge < -0.3 is 11.5 Å². The second-order valence-electron chi connectivity index (χ2n) is 2.96. The van der Waals surface area contributed by atoms with Crippen LogP contribution in [0.1, 0.15) is 5.56 Å². The minimum atomic E-state index is -0.452. The van der Waals surface area contributed by atoms with E-state index in [4.69, 9.17) is 11.5 Å². The van der Waals surface area contributed by atoms with Crippen LogP contribution in [0.25, 0.3) is 6.08 Å². The molecule has 7 heteroatoms. The molecule has 1 aromatic carbocycles. The van der Waals surface area contributed by atoms with E-state index >= 15 is 0 Å². The maximum atomic E-state index is 10.7. The Morgan fingerprint density at radius 3 is 2.71 bits per heavy atom. The quantitative estimate of drug-likeness (QED) is 0.347. The molecule has 4 N–H and O–H groups in total. The van der Waals surface area contributed by atoms with Gasteiger partial charge in [0, 0.05) is 12.3 Å². The van der Waals surface area contributed by atoms with Gasteiger partial charge in [0.2, 0.25) is 5.96 Å². The van der Waals surface area contributed by atoms with Crippen LogP contribution in [-0.4, -0.2) is 17.1 Å². The maximum Gasteiger partial charge on any atom is 0.276 e. The first-order valence-corrected chi connectivity index (χ1v) is 4.63. The Morgan fingerprint density at radius 1 is 1.35 bits per heavy atom. The number of hydrogen-bond donors (Lipinski definition) is 2. The first kappa shape index (κ1) is 12.4. The van der Waals surface area contributed by atoms with E-state index in [1.807, 2.05) is 0 Å². The lowest BCUT2D eigenvalue weighted by Crippen LogP contribution is -2.21. The lowest BCUT2D eigenvalue weighted by molar-refractivity contribution is -0.385. The molecule has 0 aliphatic carbocycles. The summed E-state index contributed by atoms with van der Waals surface area (Å²) in [6.45, 7) is 0. The average molecular weight is 233 g/mol. The SMILES string of the molecule is NC(N)=NN=CC=Cc1ccccc1[N+](=O)[O-]. The molecule has 0 saturated carbocycles. The van der Waals surface area contributed by atoms with Gasteiger partial charge in [-0.15, -0.1) is 5.10 Å². The molecule has 0 unspecified atom stereocenters. The monoisotopic (exact) mass is 233 g/mol. The first-order chi connectivity index (χ1) is 8.11. The molecule has 0 heterocycles. The normalized spacial score (nSPS) is 10.8. The molecule has 0 amide bonds. The van der Waals surface area contributed by atoms with Gasteiger partial charge in [-0.3, -0.25) is 10.1 Å². The molecule has 0 aromatic heterocycles. The van der Waals surface area contributed by atoms with Gasteiger partial charge in [-0.25, -0.2) is 0 Å². The molecule has 1 aromatic rings. The van der Waals surface area contributed by atoms with Crippen molar-refractivity contribution in [1.82, 2.24) is 0 Å². The molecule has 88 valence electrons. The summed E-state index contributed by atoms with van der Waals surface area (Å²) in [4.78, 5) is 10.2. The van der Waals surface area contributed by atoms with Gasteiger partial charge >= 0.3 is 0 Å². The van der Waals surface area contributed by atoms with E-state index < -0.39 is 4.92 Å². The van der Waals surface area contributed by atoms with Crippen molar-refractivity contribution in [2.75, 3.05) is 0 Å². The molecule has 17 heavy (non-hydrogen) atoms. The summed E-state index contributed by atoms with van der Waals surface area (Å²) in [5.41, 5.74) is 10.6. The first-order valence-electron chi connectivity index (χ1n) is 4.63. The number of para-hydroxylation sites is 1. The van der Waals surface area contributed by atoms with E-state index in [2.05, 4.69) is 10.2 Å². The molecule has 0 saturated heterocycles. The number of guanidine groups is 1. The van der Waals surface area contributed by atoms with E-state index in [9.17, 15) is 10.1 Å². The second kappa shape index (κ2) is 6.01. The smallest absolute Gasteiger partial charge is 0.276 e. The molecule has 1 rings (SSSR count). The van der Waals surface area contributed by atoms with Gasteiger partial charge in [-0.2, -0.15) is 5.10 Å². The highest BCUT2D eigenvalue weighted by atomic mass is 16.6. The van der Waals surface area contributed by atoms with Crippen molar-refractivity contribution >= 4 is 23.9 Å². The van der Waals surface area contributed by atoms with Crippen LogP contribution in [-0.2, 0) is 0 Å². The Labute approximate surface area is 97.3 Å². The Hall–Kier alpha value is -2.70. The van der Waals surface area contributed by atoms with Crippen molar-refractivity contribution < 1.29 is 4.92 Å². The number of allylic oxidation sites excluding steroid dienone is 1. The lowest BCUT2D eigenvalue weighted by atomic mass is 10.2. The van der Waals surface area contributed by atoms with E-state index in [-0.39, 0.29) is 11.6 Å². The third-order valence-corrected chi connectivity index (χ3v) is 1.74. The van der Waals surface area contributed by atoms with Gasteiger partial charge in [-0.1, -0.05) is 12.1 Å². The van der Waals surface area contributed by atoms with E-state index in [1.54, 1.807) is 24.3 Å². The number of nitrogens with two attached hydrogens (primary N) is 2. The highest BCUT2D eigenvalue weighted by Crippen LogP contribution is 2.18. The molecule has 0 bridgehead atoms. The largest absolute Gasteiger partial charge is 0.369 e. The van der Waals surface area contributed by atoms with Crippen LogP contribution in [0.5, 0.6) is 0 Å². The van der Waals surface area contributed by atoms with Crippen LogP contribution < -0.4 is 11.5 Å². The fraction of sp³-hybridized carbons (Fsp3) is 0. The van der Waals surface area contributed by atoms with Crippen molar-refractivity contribution in [2.45, 2.75) is 0 Å². The van der Waals surface area contributed by atoms with Crippen LogP contribution in [0.3, 0.4) is 0 Å². The van der Waals surface area contributed by atoms with Crippen LogP contribution in [0.15, 0.2) is 40.5 Å². The highest BCUT2D eigenvalue weighted by Gasteiger charge is 2.08. The summed E-state index contributed by atoms with van der Waals surface area (Å²) in [6, 6.07) is 6.36. The second-order valence-corrected chi connectivity index (χ2v) is 2.96. The van der Waals surface area contributed by atoms with Crippen LogP contribution in [0, 0.1) is 10.1 Å². The number of benzene rings is 1. The minimum absolute atomic E-state index is 0.0268. The zero-order valence-electron chi connectivity index (χ0n) is 8.85. The van der Waals surface area contributed by atoms with Gasteiger partial charge in [0.1, 0.15) is 0 Å². The molecule has 0 spiro atoms. The number of hydrogen-bond acceptors (Lipinski definition) is 4. The van der Waals surface area contributed by atoms with Crippen molar-refractivity contribution in [3.63, 3.8) is 0 Å². The summed E-state index contributed by atoms with van der Waals surface area (Å²) in [5, 5.41) is 17.6. The molecule has 0 aliphatic rings. The fourth-order valence-corrected chi connectivity index (χ4v) is 1.08. The average Bonchev–Trinajstić information content (AvgIpc) is 2.28. The van der Waals surface area contributed by atoms with Gasteiger partial charge in [0.15, 0.2) is 0 Å². The van der Waals surface area contributed by atoms with Gasteiger partial charge in [0.25, 0.3) is 5.69 Å². The topological polar surface area (TPSA) is 120 Å². The van der Waals surface area contributed by atoms with E-state index in [0.717, 1.165) is 0 Å². The van der Waals surface area contributed by atoms with Crippen molar-refractivity contribution in [3.8, 4) is 0 Å². The summed E-state index contributed by atoms with van der Waals surface area (Å²) in [5.74, 6) is -0.152. The van der Waals surface area contributed by atoms with Crippen LogP contribution >= 0.6 is 0 Å². The summed E-state index contributed by atoms with van der Waals surface area (Å²) >= 11 is 0. The number of rotatable bonds is 4. The van der Waals surface area contributed by atoms with Crippen molar-refractivity contribution in [2.24, 2.45) is 21.7 Å². The third-order valence-electron chi connectivity index (χ3n) is 1.74. The van der Waals surface area contributed by atoms with E-state index in [0.29, 0.717) is 5.56 Å². The predicted octanol–water partition coefficient (Wildman–Crippen LogP) is 0.867. The lowest BCUT2D eigenvalue weighted by Gasteiger charge is -1.94. The van der Waals surface area contributed by atoms with Gasteiger partial charge in [0.05, 0.1) is 10.5 Å². The molecular formula is C10H11N5O2. The molecule has 0 radical (unpaired) electrons. The molecule has 7 nitrogen and oxygen atoms in total. The molecular weight excluding hydrogens is 222 g/mol. The fourth-order valence-electron chi connectivity index (χ4n) is 1.08. The van der Waals surface area contributed by atoms with Crippen molar-refractivity contribution in [1.29, 1.82) is 0 Å². The molecule has 0 fully saturated rings. The number of nitro groups is 1. The standard InChI is InChI=1S/C10H11N5O2/c11-10(12)14-13-7-3-5-8-4-1-2-6-9(8)15(16)17/h1-7H,(H4,11,12,14).